The molecule has 2 rings (SSSR count). The molecule has 96 valence electrons. The van der Waals surface area contributed by atoms with E-state index in [9.17, 15) is 5.11 Å². The normalized spacial score (nSPS) is 12.5. The SMILES string of the molecule is COc1cc(C(O)c2c(Cl)cnn2C)ccc1C. The molecule has 0 spiro atoms. The van der Waals surface area contributed by atoms with Crippen molar-refractivity contribution in [2.24, 2.45) is 7.05 Å². The Morgan fingerprint density at radius 2 is 2.17 bits per heavy atom. The predicted molar refractivity (Wildman–Crippen MR) is 70.0 cm³/mol. The van der Waals surface area contributed by atoms with Crippen LogP contribution in [0, 0.1) is 6.92 Å². The smallest absolute Gasteiger partial charge is 0.122 e. The first kappa shape index (κ1) is 12.9. The highest BCUT2D eigenvalue weighted by atomic mass is 35.5. The number of ether oxygens (including phenoxy) is 1. The van der Waals surface area contributed by atoms with Gasteiger partial charge in [0.25, 0.3) is 0 Å². The summed E-state index contributed by atoms with van der Waals surface area (Å²) in [7, 11) is 3.35. The zero-order valence-corrected chi connectivity index (χ0v) is 11.3. The van der Waals surface area contributed by atoms with Crippen LogP contribution in [-0.4, -0.2) is 22.0 Å². The number of aliphatic hydroxyl groups is 1. The number of aliphatic hydroxyl groups excluding tert-OH is 1. The second-order valence-corrected chi connectivity index (χ2v) is 4.54. The lowest BCUT2D eigenvalue weighted by Gasteiger charge is -2.14. The molecule has 1 N–H and O–H groups in total. The summed E-state index contributed by atoms with van der Waals surface area (Å²) in [4.78, 5) is 0. The van der Waals surface area contributed by atoms with Gasteiger partial charge in [-0.15, -0.1) is 0 Å². The fourth-order valence-electron chi connectivity index (χ4n) is 1.89. The van der Waals surface area contributed by atoms with Crippen molar-refractivity contribution in [3.63, 3.8) is 0 Å². The number of nitrogens with zero attached hydrogens (tertiary/aromatic N) is 2. The minimum atomic E-state index is -0.820. The van der Waals surface area contributed by atoms with Crippen molar-refractivity contribution in [3.8, 4) is 5.75 Å². The van der Waals surface area contributed by atoms with E-state index in [0.717, 1.165) is 16.9 Å². The number of benzene rings is 1. The average Bonchev–Trinajstić information content (AvgIpc) is 2.69. The molecule has 0 aliphatic carbocycles. The van der Waals surface area contributed by atoms with Crippen molar-refractivity contribution in [2.75, 3.05) is 7.11 Å². The van der Waals surface area contributed by atoms with Crippen molar-refractivity contribution >= 4 is 11.6 Å². The molecular weight excluding hydrogens is 252 g/mol. The van der Waals surface area contributed by atoms with Crippen LogP contribution in [0.5, 0.6) is 5.75 Å². The third kappa shape index (κ3) is 2.21. The number of hydrogen-bond acceptors (Lipinski definition) is 3. The van der Waals surface area contributed by atoms with Crippen LogP contribution in [0.15, 0.2) is 24.4 Å². The van der Waals surface area contributed by atoms with Gasteiger partial charge in [0.15, 0.2) is 0 Å². The first-order valence-electron chi connectivity index (χ1n) is 5.54. The molecule has 1 aromatic heterocycles. The van der Waals surface area contributed by atoms with Crippen LogP contribution in [0.4, 0.5) is 0 Å². The van der Waals surface area contributed by atoms with E-state index in [4.69, 9.17) is 16.3 Å². The Morgan fingerprint density at radius 3 is 2.72 bits per heavy atom. The zero-order valence-electron chi connectivity index (χ0n) is 10.5. The van der Waals surface area contributed by atoms with E-state index in [1.54, 1.807) is 18.8 Å². The summed E-state index contributed by atoms with van der Waals surface area (Å²) in [5.41, 5.74) is 2.31. The molecule has 1 heterocycles. The van der Waals surface area contributed by atoms with Gasteiger partial charge in [0.2, 0.25) is 0 Å². The Bertz CT molecular complexity index is 547. The minimum absolute atomic E-state index is 0.449. The lowest BCUT2D eigenvalue weighted by atomic mass is 10.0. The van der Waals surface area contributed by atoms with Gasteiger partial charge in [-0.25, -0.2) is 0 Å². The van der Waals surface area contributed by atoms with E-state index in [-0.39, 0.29) is 0 Å². The van der Waals surface area contributed by atoms with Gasteiger partial charge >= 0.3 is 0 Å². The maximum absolute atomic E-state index is 10.4. The van der Waals surface area contributed by atoms with Crippen LogP contribution in [-0.2, 0) is 7.05 Å². The van der Waals surface area contributed by atoms with E-state index in [1.165, 1.54) is 6.20 Å². The van der Waals surface area contributed by atoms with E-state index in [0.29, 0.717) is 10.7 Å². The zero-order chi connectivity index (χ0) is 13.3. The number of aromatic nitrogens is 2. The summed E-state index contributed by atoms with van der Waals surface area (Å²) in [6.45, 7) is 1.95. The van der Waals surface area contributed by atoms with Crippen LogP contribution >= 0.6 is 11.6 Å². The predicted octanol–water partition coefficient (Wildman–Crippen LogP) is 2.47. The second-order valence-electron chi connectivity index (χ2n) is 4.13. The highest BCUT2D eigenvalue weighted by Crippen LogP contribution is 2.30. The molecular formula is C13H15ClN2O2. The summed E-state index contributed by atoms with van der Waals surface area (Å²) in [6, 6.07) is 5.57. The van der Waals surface area contributed by atoms with Gasteiger partial charge < -0.3 is 9.84 Å². The largest absolute Gasteiger partial charge is 0.496 e. The van der Waals surface area contributed by atoms with Gasteiger partial charge in [-0.05, 0) is 24.1 Å². The molecule has 0 radical (unpaired) electrons. The molecule has 0 aliphatic rings. The Kier molecular flexibility index (Phi) is 3.59. The van der Waals surface area contributed by atoms with Gasteiger partial charge in [-0.2, -0.15) is 5.10 Å². The topological polar surface area (TPSA) is 47.3 Å². The molecule has 1 aromatic carbocycles. The Balaban J connectivity index is 2.43. The maximum atomic E-state index is 10.4. The Hall–Kier alpha value is -1.52. The van der Waals surface area contributed by atoms with Crippen molar-refractivity contribution < 1.29 is 9.84 Å². The molecule has 0 fully saturated rings. The van der Waals surface area contributed by atoms with Crippen molar-refractivity contribution in [3.05, 3.63) is 46.2 Å². The van der Waals surface area contributed by atoms with Crippen molar-refractivity contribution in [2.45, 2.75) is 13.0 Å². The molecule has 1 unspecified atom stereocenters. The minimum Gasteiger partial charge on any atom is -0.496 e. The Morgan fingerprint density at radius 1 is 1.44 bits per heavy atom. The second kappa shape index (κ2) is 5.00. The van der Waals surface area contributed by atoms with Crippen LogP contribution in [0.2, 0.25) is 5.02 Å². The molecule has 0 saturated carbocycles. The number of hydrogen-bond donors (Lipinski definition) is 1. The standard InChI is InChI=1S/C13H15ClN2O2/c1-8-4-5-9(6-11(8)18-3)13(17)12-10(14)7-15-16(12)2/h4-7,13,17H,1-3H3. The molecule has 1 atom stereocenters. The third-order valence-corrected chi connectivity index (χ3v) is 3.24. The highest BCUT2D eigenvalue weighted by molar-refractivity contribution is 6.31. The summed E-state index contributed by atoms with van der Waals surface area (Å²) < 4.78 is 6.82. The van der Waals surface area contributed by atoms with Gasteiger partial charge in [-0.3, -0.25) is 4.68 Å². The fourth-order valence-corrected chi connectivity index (χ4v) is 2.16. The highest BCUT2D eigenvalue weighted by Gasteiger charge is 2.19. The molecule has 0 bridgehead atoms. The molecule has 2 aromatic rings. The summed E-state index contributed by atoms with van der Waals surface area (Å²) >= 11 is 6.02. The molecule has 5 heteroatoms. The molecule has 0 amide bonds. The molecule has 0 aliphatic heterocycles. The van der Waals surface area contributed by atoms with E-state index in [2.05, 4.69) is 5.10 Å². The van der Waals surface area contributed by atoms with Gasteiger partial charge in [0.05, 0.1) is 24.0 Å². The number of rotatable bonds is 3. The van der Waals surface area contributed by atoms with Gasteiger partial charge in [0, 0.05) is 7.05 Å². The first-order chi connectivity index (χ1) is 8.54. The van der Waals surface area contributed by atoms with Gasteiger partial charge in [-0.1, -0.05) is 23.7 Å². The number of aryl methyl sites for hydroxylation is 2. The fraction of sp³-hybridized carbons (Fsp3) is 0.308. The maximum Gasteiger partial charge on any atom is 0.122 e. The monoisotopic (exact) mass is 266 g/mol. The summed E-state index contributed by atoms with van der Waals surface area (Å²) in [5.74, 6) is 0.741. The van der Waals surface area contributed by atoms with E-state index in [1.807, 2.05) is 25.1 Å². The van der Waals surface area contributed by atoms with Crippen LogP contribution in [0.3, 0.4) is 0 Å². The van der Waals surface area contributed by atoms with Crippen LogP contribution in [0.25, 0.3) is 0 Å². The van der Waals surface area contributed by atoms with E-state index < -0.39 is 6.10 Å². The van der Waals surface area contributed by atoms with Crippen molar-refractivity contribution in [1.29, 1.82) is 0 Å². The third-order valence-electron chi connectivity index (χ3n) is 2.94. The number of methoxy groups -OCH3 is 1. The molecule has 18 heavy (non-hydrogen) atoms. The molecule has 0 saturated heterocycles. The average molecular weight is 267 g/mol. The lowest BCUT2D eigenvalue weighted by Crippen LogP contribution is -2.07. The van der Waals surface area contributed by atoms with Gasteiger partial charge in [0.1, 0.15) is 11.9 Å². The number of halogens is 1. The molecule has 4 nitrogen and oxygen atoms in total. The first-order valence-corrected chi connectivity index (χ1v) is 5.92. The van der Waals surface area contributed by atoms with E-state index >= 15 is 0 Å². The van der Waals surface area contributed by atoms with Crippen LogP contribution in [0.1, 0.15) is 22.9 Å². The quantitative estimate of drug-likeness (QED) is 0.928. The summed E-state index contributed by atoms with van der Waals surface area (Å²) in [5, 5.41) is 14.8. The van der Waals surface area contributed by atoms with Crippen LogP contribution < -0.4 is 4.74 Å². The summed E-state index contributed by atoms with van der Waals surface area (Å²) in [6.07, 6.45) is 0.699. The van der Waals surface area contributed by atoms with Crippen molar-refractivity contribution in [1.82, 2.24) is 9.78 Å². The lowest BCUT2D eigenvalue weighted by molar-refractivity contribution is 0.209. The Labute approximate surface area is 111 Å².